The van der Waals surface area contributed by atoms with Crippen LogP contribution in [0.5, 0.6) is 0 Å². The van der Waals surface area contributed by atoms with E-state index in [1.807, 2.05) is 11.7 Å². The number of halogens is 1. The Morgan fingerprint density at radius 3 is 2.79 bits per heavy atom. The number of ether oxygens (including phenoxy) is 2. The van der Waals surface area contributed by atoms with Crippen LogP contribution in [0.15, 0.2) is 4.99 Å². The van der Waals surface area contributed by atoms with Crippen molar-refractivity contribution in [2.45, 2.75) is 84.2 Å². The van der Waals surface area contributed by atoms with Gasteiger partial charge in [0.05, 0.1) is 12.6 Å². The Kier molecular flexibility index (Phi) is 9.15. The number of hydrogen-bond acceptors (Lipinski definition) is 5. The predicted octanol–water partition coefficient (Wildman–Crippen LogP) is 2.51. The zero-order chi connectivity index (χ0) is 20.1. The summed E-state index contributed by atoms with van der Waals surface area (Å²) in [5.74, 6) is 2.65. The van der Waals surface area contributed by atoms with E-state index in [0.717, 1.165) is 56.4 Å². The van der Waals surface area contributed by atoms with E-state index in [-0.39, 0.29) is 35.4 Å². The van der Waals surface area contributed by atoms with E-state index >= 15 is 0 Å². The standard InChI is InChI=1S/C20H36N6O2.HI/c1-6-7-10-28-16-11-15(20(16,2)3)23-19(21-4)22-14-8-9-18-24-17(13-27-5)25-26(18)12-14;/h14-16H,6-13H2,1-5H3,(H2,21,22,23);1H. The average Bonchev–Trinajstić information content (AvgIpc) is 3.07. The van der Waals surface area contributed by atoms with Crippen molar-refractivity contribution in [3.05, 3.63) is 11.6 Å². The minimum atomic E-state index is 0. The molecule has 1 aromatic rings. The van der Waals surface area contributed by atoms with Gasteiger partial charge in [-0.05, 0) is 19.3 Å². The fourth-order valence-corrected chi connectivity index (χ4v) is 3.98. The first kappa shape index (κ1) is 24.3. The number of guanidine groups is 1. The molecule has 2 N–H and O–H groups in total. The van der Waals surface area contributed by atoms with Gasteiger partial charge < -0.3 is 20.1 Å². The van der Waals surface area contributed by atoms with Gasteiger partial charge in [0.2, 0.25) is 0 Å². The number of hydrogen-bond donors (Lipinski definition) is 2. The lowest BCUT2D eigenvalue weighted by Gasteiger charge is -2.52. The number of aromatic nitrogens is 3. The molecule has 0 aromatic carbocycles. The molecule has 3 atom stereocenters. The highest BCUT2D eigenvalue weighted by molar-refractivity contribution is 14.0. The molecule has 1 aromatic heterocycles. The maximum absolute atomic E-state index is 6.06. The molecular formula is C20H37IN6O2. The van der Waals surface area contributed by atoms with Gasteiger partial charge in [0.25, 0.3) is 0 Å². The molecule has 1 fully saturated rings. The SMILES string of the molecule is CCCCOC1CC(NC(=NC)NC2CCc3nc(COC)nn3C2)C1(C)C.I. The number of aryl methyl sites for hydroxylation is 1. The summed E-state index contributed by atoms with van der Waals surface area (Å²) in [6.45, 7) is 8.86. The second-order valence-electron chi connectivity index (χ2n) is 8.48. The monoisotopic (exact) mass is 520 g/mol. The van der Waals surface area contributed by atoms with Crippen LogP contribution in [0.2, 0.25) is 0 Å². The molecule has 8 nitrogen and oxygen atoms in total. The van der Waals surface area contributed by atoms with Crippen molar-refractivity contribution < 1.29 is 9.47 Å². The van der Waals surface area contributed by atoms with E-state index in [1.54, 1.807) is 7.11 Å². The number of unbranched alkanes of at least 4 members (excludes halogenated alkanes) is 1. The van der Waals surface area contributed by atoms with Crippen molar-refractivity contribution in [2.24, 2.45) is 10.4 Å². The van der Waals surface area contributed by atoms with E-state index in [0.29, 0.717) is 18.8 Å². The molecular weight excluding hydrogens is 483 g/mol. The molecule has 29 heavy (non-hydrogen) atoms. The molecule has 0 spiro atoms. The van der Waals surface area contributed by atoms with E-state index in [1.165, 1.54) is 6.42 Å². The molecule has 2 heterocycles. The molecule has 1 aliphatic heterocycles. The number of nitrogens with zero attached hydrogens (tertiary/aromatic N) is 4. The molecule has 3 rings (SSSR count). The van der Waals surface area contributed by atoms with Crippen LogP contribution >= 0.6 is 24.0 Å². The van der Waals surface area contributed by atoms with E-state index in [4.69, 9.17) is 9.47 Å². The summed E-state index contributed by atoms with van der Waals surface area (Å²) >= 11 is 0. The Labute approximate surface area is 191 Å². The summed E-state index contributed by atoms with van der Waals surface area (Å²) in [6.07, 6.45) is 5.58. The Morgan fingerprint density at radius 2 is 2.14 bits per heavy atom. The summed E-state index contributed by atoms with van der Waals surface area (Å²) in [7, 11) is 3.50. The zero-order valence-corrected chi connectivity index (χ0v) is 20.7. The quantitative estimate of drug-likeness (QED) is 0.237. The van der Waals surface area contributed by atoms with Crippen molar-refractivity contribution >= 4 is 29.9 Å². The van der Waals surface area contributed by atoms with Crippen molar-refractivity contribution in [1.82, 2.24) is 25.4 Å². The highest BCUT2D eigenvalue weighted by Crippen LogP contribution is 2.42. The predicted molar refractivity (Wildman–Crippen MR) is 125 cm³/mol. The molecule has 0 saturated heterocycles. The van der Waals surface area contributed by atoms with E-state index in [9.17, 15) is 0 Å². The van der Waals surface area contributed by atoms with Gasteiger partial charge >= 0.3 is 0 Å². The van der Waals surface area contributed by atoms with Gasteiger partial charge in [-0.1, -0.05) is 27.2 Å². The average molecular weight is 520 g/mol. The Morgan fingerprint density at radius 1 is 1.34 bits per heavy atom. The third kappa shape index (κ3) is 5.81. The third-order valence-electron chi connectivity index (χ3n) is 6.05. The van der Waals surface area contributed by atoms with Gasteiger partial charge in [-0.25, -0.2) is 9.67 Å². The molecule has 166 valence electrons. The minimum absolute atomic E-state index is 0. The summed E-state index contributed by atoms with van der Waals surface area (Å²) in [4.78, 5) is 8.99. The van der Waals surface area contributed by atoms with Crippen LogP contribution in [0.25, 0.3) is 0 Å². The van der Waals surface area contributed by atoms with Gasteiger partial charge in [0, 0.05) is 44.7 Å². The normalized spacial score (nSPS) is 25.6. The maximum Gasteiger partial charge on any atom is 0.191 e. The molecule has 0 bridgehead atoms. The van der Waals surface area contributed by atoms with Gasteiger partial charge in [0.15, 0.2) is 11.8 Å². The van der Waals surface area contributed by atoms with E-state index < -0.39 is 0 Å². The van der Waals surface area contributed by atoms with Crippen molar-refractivity contribution in [1.29, 1.82) is 0 Å². The Bertz CT molecular complexity index is 678. The molecule has 0 radical (unpaired) electrons. The molecule has 2 aliphatic rings. The number of rotatable bonds is 8. The second kappa shape index (κ2) is 10.9. The lowest BCUT2D eigenvalue weighted by Crippen LogP contribution is -2.64. The van der Waals surface area contributed by atoms with Crippen LogP contribution in [0.4, 0.5) is 0 Å². The number of aliphatic imine (C=N–C) groups is 1. The first-order valence-electron chi connectivity index (χ1n) is 10.5. The van der Waals surface area contributed by atoms with Gasteiger partial charge in [-0.2, -0.15) is 5.10 Å². The zero-order valence-electron chi connectivity index (χ0n) is 18.4. The maximum atomic E-state index is 6.06. The summed E-state index contributed by atoms with van der Waals surface area (Å²) in [5.41, 5.74) is 0.103. The van der Waals surface area contributed by atoms with Crippen LogP contribution in [-0.2, 0) is 29.0 Å². The number of methoxy groups -OCH3 is 1. The van der Waals surface area contributed by atoms with Crippen LogP contribution in [0.3, 0.4) is 0 Å². The molecule has 9 heteroatoms. The lowest BCUT2D eigenvalue weighted by atomic mass is 9.64. The molecule has 0 amide bonds. The van der Waals surface area contributed by atoms with Crippen molar-refractivity contribution in [2.75, 3.05) is 20.8 Å². The largest absolute Gasteiger partial charge is 0.378 e. The van der Waals surface area contributed by atoms with Crippen LogP contribution in [-0.4, -0.2) is 59.7 Å². The third-order valence-corrected chi connectivity index (χ3v) is 6.05. The Hall–Kier alpha value is -0.940. The highest BCUT2D eigenvalue weighted by atomic mass is 127. The summed E-state index contributed by atoms with van der Waals surface area (Å²) in [5, 5.41) is 11.7. The molecule has 3 unspecified atom stereocenters. The summed E-state index contributed by atoms with van der Waals surface area (Å²) < 4.78 is 13.2. The van der Waals surface area contributed by atoms with Crippen LogP contribution in [0, 0.1) is 5.41 Å². The Balaban J connectivity index is 0.00000300. The first-order valence-corrected chi connectivity index (χ1v) is 10.5. The molecule has 1 aliphatic carbocycles. The summed E-state index contributed by atoms with van der Waals surface area (Å²) in [6, 6.07) is 0.653. The van der Waals surface area contributed by atoms with Gasteiger partial charge in [0.1, 0.15) is 12.4 Å². The van der Waals surface area contributed by atoms with Gasteiger partial charge in [-0.3, -0.25) is 4.99 Å². The highest BCUT2D eigenvalue weighted by Gasteiger charge is 2.49. The van der Waals surface area contributed by atoms with Crippen molar-refractivity contribution in [3.63, 3.8) is 0 Å². The first-order chi connectivity index (χ1) is 13.5. The number of fused-ring (bicyclic) bond motifs is 1. The van der Waals surface area contributed by atoms with Crippen LogP contribution in [0.1, 0.15) is 58.1 Å². The van der Waals surface area contributed by atoms with E-state index in [2.05, 4.69) is 46.5 Å². The smallest absolute Gasteiger partial charge is 0.191 e. The molecule has 1 saturated carbocycles. The fraction of sp³-hybridized carbons (Fsp3) is 0.850. The van der Waals surface area contributed by atoms with Gasteiger partial charge in [-0.15, -0.1) is 24.0 Å². The lowest BCUT2D eigenvalue weighted by molar-refractivity contribution is -0.113. The second-order valence-corrected chi connectivity index (χ2v) is 8.48. The fourth-order valence-electron chi connectivity index (χ4n) is 3.98. The van der Waals surface area contributed by atoms with Crippen molar-refractivity contribution in [3.8, 4) is 0 Å². The number of nitrogens with one attached hydrogen (secondary N) is 2. The minimum Gasteiger partial charge on any atom is -0.378 e. The topological polar surface area (TPSA) is 85.6 Å². The van der Waals surface area contributed by atoms with Crippen LogP contribution < -0.4 is 10.6 Å².